The molecule has 0 spiro atoms. The molecule has 2 N–H and O–H groups in total. The Bertz CT molecular complexity index is 814. The second-order valence-electron chi connectivity index (χ2n) is 7.89. The average molecular weight is 381 g/mol. The quantitative estimate of drug-likeness (QED) is 0.801. The summed E-state index contributed by atoms with van der Waals surface area (Å²) in [5.41, 5.74) is 1.29. The predicted octanol–water partition coefficient (Wildman–Crippen LogP) is 3.12. The van der Waals surface area contributed by atoms with E-state index in [9.17, 15) is 9.90 Å². The van der Waals surface area contributed by atoms with Gasteiger partial charge in [-0.3, -0.25) is 4.90 Å². The van der Waals surface area contributed by atoms with Crippen LogP contribution in [0.4, 0.5) is 5.82 Å². The highest BCUT2D eigenvalue weighted by atomic mass is 16.5. The maximum atomic E-state index is 11.5. The van der Waals surface area contributed by atoms with Gasteiger partial charge in [-0.1, -0.05) is 24.3 Å². The molecule has 4 rings (SSSR count). The number of aromatic carboxylic acids is 1. The largest absolute Gasteiger partial charge is 0.478 e. The fourth-order valence-electron chi connectivity index (χ4n) is 4.80. The Morgan fingerprint density at radius 1 is 1.18 bits per heavy atom. The predicted molar refractivity (Wildman–Crippen MR) is 107 cm³/mol. The van der Waals surface area contributed by atoms with Gasteiger partial charge in [0.1, 0.15) is 5.82 Å². The van der Waals surface area contributed by atoms with Crippen LogP contribution < -0.4 is 5.32 Å². The van der Waals surface area contributed by atoms with E-state index in [2.05, 4.69) is 15.2 Å². The third-order valence-corrected chi connectivity index (χ3v) is 6.14. The topological polar surface area (TPSA) is 74.7 Å². The summed E-state index contributed by atoms with van der Waals surface area (Å²) in [6, 6.07) is 13.4. The Kier molecular flexibility index (Phi) is 5.59. The highest BCUT2D eigenvalue weighted by Gasteiger charge is 2.42. The van der Waals surface area contributed by atoms with E-state index < -0.39 is 5.97 Å². The first-order valence-electron chi connectivity index (χ1n) is 9.88. The van der Waals surface area contributed by atoms with Gasteiger partial charge in [-0.25, -0.2) is 9.78 Å². The number of pyridine rings is 1. The molecule has 0 unspecified atom stereocenters. The molecule has 2 fully saturated rings. The number of aromatic nitrogens is 1. The van der Waals surface area contributed by atoms with Gasteiger partial charge in [0.15, 0.2) is 0 Å². The summed E-state index contributed by atoms with van der Waals surface area (Å²) in [5, 5.41) is 13.0. The molecule has 28 heavy (non-hydrogen) atoms. The number of carboxylic acids is 1. The number of ether oxygens (including phenoxy) is 1. The van der Waals surface area contributed by atoms with Gasteiger partial charge in [-0.2, -0.15) is 0 Å². The number of carboxylic acid groups (broad SMARTS) is 1. The SMILES string of the molecule is CO[C@@H]1C[C@H]2CN(Cc3ccccc3C(=O)O)C[C@H]2C[C@H]1Nc1ccccn1. The molecule has 6 nitrogen and oxygen atoms in total. The van der Waals surface area contributed by atoms with E-state index in [0.29, 0.717) is 23.9 Å². The summed E-state index contributed by atoms with van der Waals surface area (Å²) in [6.07, 6.45) is 4.02. The summed E-state index contributed by atoms with van der Waals surface area (Å²) in [7, 11) is 1.79. The van der Waals surface area contributed by atoms with Gasteiger partial charge in [0.25, 0.3) is 0 Å². The Morgan fingerprint density at radius 3 is 2.64 bits per heavy atom. The number of methoxy groups -OCH3 is 1. The molecule has 1 aliphatic carbocycles. The Labute approximate surface area is 165 Å². The lowest BCUT2D eigenvalue weighted by Gasteiger charge is -2.37. The lowest BCUT2D eigenvalue weighted by molar-refractivity contribution is 0.0304. The molecular formula is C22H27N3O3. The van der Waals surface area contributed by atoms with Crippen LogP contribution in [0.2, 0.25) is 0 Å². The number of nitrogens with one attached hydrogen (secondary N) is 1. The number of hydrogen-bond donors (Lipinski definition) is 2. The number of hydrogen-bond acceptors (Lipinski definition) is 5. The molecule has 2 heterocycles. The Morgan fingerprint density at radius 2 is 1.93 bits per heavy atom. The third-order valence-electron chi connectivity index (χ3n) is 6.14. The summed E-state index contributed by atoms with van der Waals surface area (Å²) in [6.45, 7) is 2.68. The number of nitrogens with zero attached hydrogens (tertiary/aromatic N) is 2. The smallest absolute Gasteiger partial charge is 0.336 e. The van der Waals surface area contributed by atoms with Crippen molar-refractivity contribution >= 4 is 11.8 Å². The van der Waals surface area contributed by atoms with Crippen LogP contribution in [0, 0.1) is 11.8 Å². The van der Waals surface area contributed by atoms with Crippen molar-refractivity contribution in [2.45, 2.75) is 31.5 Å². The van der Waals surface area contributed by atoms with Crippen LogP contribution >= 0.6 is 0 Å². The summed E-state index contributed by atoms with van der Waals surface area (Å²) in [5.74, 6) is 1.21. The Balaban J connectivity index is 1.43. The fourth-order valence-corrected chi connectivity index (χ4v) is 4.80. The average Bonchev–Trinajstić information content (AvgIpc) is 3.09. The standard InChI is InChI=1S/C22H27N3O3/c1-28-20-11-17-14-25(12-15-6-2-3-7-18(15)22(26)27)13-16(17)10-19(20)24-21-8-4-5-9-23-21/h2-9,16-17,19-20H,10-14H2,1H3,(H,23,24)(H,26,27)/t16-,17+,19-,20-/m1/s1. The van der Waals surface area contributed by atoms with Crippen molar-refractivity contribution in [1.82, 2.24) is 9.88 Å². The van der Waals surface area contributed by atoms with Crippen LogP contribution in [0.3, 0.4) is 0 Å². The molecule has 1 saturated carbocycles. The summed E-state index contributed by atoms with van der Waals surface area (Å²) < 4.78 is 5.80. The lowest BCUT2D eigenvalue weighted by Crippen LogP contribution is -2.44. The number of rotatable bonds is 6. The molecule has 148 valence electrons. The first-order chi connectivity index (χ1) is 13.6. The van der Waals surface area contributed by atoms with Crippen LogP contribution in [0.15, 0.2) is 48.7 Å². The van der Waals surface area contributed by atoms with Crippen LogP contribution in [-0.4, -0.2) is 53.3 Å². The van der Waals surface area contributed by atoms with Gasteiger partial charge >= 0.3 is 5.97 Å². The molecule has 6 heteroatoms. The molecule has 4 atom stereocenters. The number of anilines is 1. The van der Waals surface area contributed by atoms with Crippen molar-refractivity contribution in [2.24, 2.45) is 11.8 Å². The second-order valence-corrected chi connectivity index (χ2v) is 7.89. The van der Waals surface area contributed by atoms with Gasteiger partial charge in [0.2, 0.25) is 0 Å². The molecule has 0 amide bonds. The molecule has 1 aromatic carbocycles. The van der Waals surface area contributed by atoms with Crippen molar-refractivity contribution in [3.8, 4) is 0 Å². The van der Waals surface area contributed by atoms with E-state index in [1.807, 2.05) is 30.3 Å². The van der Waals surface area contributed by atoms with Gasteiger partial charge in [-0.05, 0) is 48.4 Å². The van der Waals surface area contributed by atoms with Crippen LogP contribution in [0.5, 0.6) is 0 Å². The fraction of sp³-hybridized carbons (Fsp3) is 0.455. The van der Waals surface area contributed by atoms with Crippen LogP contribution in [0.1, 0.15) is 28.8 Å². The summed E-state index contributed by atoms with van der Waals surface area (Å²) >= 11 is 0. The highest BCUT2D eigenvalue weighted by molar-refractivity contribution is 5.89. The first kappa shape index (κ1) is 18.9. The van der Waals surface area contributed by atoms with Gasteiger partial charge < -0.3 is 15.2 Å². The van der Waals surface area contributed by atoms with Crippen molar-refractivity contribution in [3.63, 3.8) is 0 Å². The van der Waals surface area contributed by atoms with E-state index in [4.69, 9.17) is 4.74 Å². The second kappa shape index (κ2) is 8.29. The zero-order chi connectivity index (χ0) is 19.5. The van der Waals surface area contributed by atoms with Gasteiger partial charge in [0.05, 0.1) is 17.7 Å². The first-order valence-corrected chi connectivity index (χ1v) is 9.88. The normalized spacial score (nSPS) is 27.3. The van der Waals surface area contributed by atoms with Gasteiger partial charge in [-0.15, -0.1) is 0 Å². The zero-order valence-electron chi connectivity index (χ0n) is 16.1. The maximum Gasteiger partial charge on any atom is 0.336 e. The number of benzene rings is 1. The number of fused-ring (bicyclic) bond motifs is 1. The van der Waals surface area contributed by atoms with Crippen molar-refractivity contribution < 1.29 is 14.6 Å². The van der Waals surface area contributed by atoms with Crippen molar-refractivity contribution in [3.05, 3.63) is 59.8 Å². The monoisotopic (exact) mass is 381 g/mol. The maximum absolute atomic E-state index is 11.5. The number of likely N-dealkylation sites (tertiary alicyclic amines) is 1. The Hall–Kier alpha value is -2.44. The molecule has 1 aliphatic heterocycles. The molecule has 1 saturated heterocycles. The van der Waals surface area contributed by atoms with Crippen LogP contribution in [-0.2, 0) is 11.3 Å². The summed E-state index contributed by atoms with van der Waals surface area (Å²) in [4.78, 5) is 18.3. The van der Waals surface area contributed by atoms with Crippen molar-refractivity contribution in [1.29, 1.82) is 0 Å². The van der Waals surface area contributed by atoms with E-state index in [0.717, 1.165) is 37.3 Å². The molecule has 2 aromatic rings. The minimum absolute atomic E-state index is 0.162. The van der Waals surface area contributed by atoms with E-state index in [1.54, 1.807) is 25.4 Å². The van der Waals surface area contributed by atoms with Crippen molar-refractivity contribution in [2.75, 3.05) is 25.5 Å². The lowest BCUT2D eigenvalue weighted by atomic mass is 9.77. The molecule has 0 radical (unpaired) electrons. The molecule has 1 aromatic heterocycles. The van der Waals surface area contributed by atoms with Gasteiger partial charge in [0, 0.05) is 32.9 Å². The molecular weight excluding hydrogens is 354 g/mol. The minimum atomic E-state index is -0.855. The highest BCUT2D eigenvalue weighted by Crippen LogP contribution is 2.39. The number of carbonyl (C=O) groups is 1. The van der Waals surface area contributed by atoms with E-state index >= 15 is 0 Å². The third kappa shape index (κ3) is 4.03. The molecule has 2 aliphatic rings. The molecule has 0 bridgehead atoms. The van der Waals surface area contributed by atoms with E-state index in [1.165, 1.54) is 0 Å². The minimum Gasteiger partial charge on any atom is -0.478 e. The van der Waals surface area contributed by atoms with Crippen LogP contribution in [0.25, 0.3) is 0 Å². The van der Waals surface area contributed by atoms with E-state index in [-0.39, 0.29) is 12.1 Å². The zero-order valence-corrected chi connectivity index (χ0v) is 16.1.